The first kappa shape index (κ1) is 22.9. The van der Waals surface area contributed by atoms with E-state index in [4.69, 9.17) is 9.47 Å². The predicted molar refractivity (Wildman–Crippen MR) is 118 cm³/mol. The quantitative estimate of drug-likeness (QED) is 0.498. The van der Waals surface area contributed by atoms with Gasteiger partial charge in [0.1, 0.15) is 17.4 Å². The highest BCUT2D eigenvalue weighted by molar-refractivity contribution is 6.06. The maximum atomic E-state index is 14.5. The first-order chi connectivity index (χ1) is 15.3. The van der Waals surface area contributed by atoms with E-state index in [2.05, 4.69) is 5.32 Å². The fourth-order valence-electron chi connectivity index (χ4n) is 3.24. The van der Waals surface area contributed by atoms with Gasteiger partial charge in [0.05, 0.1) is 17.9 Å². The zero-order chi connectivity index (χ0) is 23.3. The smallest absolute Gasteiger partial charge is 0.344 e. The molecule has 5 nitrogen and oxygen atoms in total. The van der Waals surface area contributed by atoms with Crippen LogP contribution in [0.2, 0.25) is 0 Å². The van der Waals surface area contributed by atoms with Crippen molar-refractivity contribution >= 4 is 17.6 Å². The first-order valence-corrected chi connectivity index (χ1v) is 10.1. The van der Waals surface area contributed by atoms with Crippen molar-refractivity contribution in [3.05, 3.63) is 82.9 Å². The van der Waals surface area contributed by atoms with Crippen molar-refractivity contribution in [3.63, 3.8) is 0 Å². The molecular formula is C25H23F2NO4. The number of aryl methyl sites for hydroxylation is 1. The van der Waals surface area contributed by atoms with Gasteiger partial charge < -0.3 is 14.8 Å². The molecule has 7 heteroatoms. The number of esters is 1. The molecule has 0 bridgehead atoms. The summed E-state index contributed by atoms with van der Waals surface area (Å²) < 4.78 is 38.4. The molecule has 0 aliphatic heterocycles. The van der Waals surface area contributed by atoms with Crippen LogP contribution in [0.5, 0.6) is 5.75 Å². The number of hydrogen-bond donors (Lipinski definition) is 1. The Balaban J connectivity index is 1.86. The van der Waals surface area contributed by atoms with E-state index in [1.165, 1.54) is 30.3 Å². The van der Waals surface area contributed by atoms with Crippen LogP contribution in [0, 0.1) is 25.5 Å². The molecule has 1 amide bonds. The molecule has 0 saturated carbocycles. The Hall–Kier alpha value is -3.74. The summed E-state index contributed by atoms with van der Waals surface area (Å²) in [5.74, 6) is -1.90. The zero-order valence-electron chi connectivity index (χ0n) is 18.0. The maximum Gasteiger partial charge on any atom is 0.344 e. The average Bonchev–Trinajstić information content (AvgIpc) is 2.76. The van der Waals surface area contributed by atoms with Gasteiger partial charge in [-0.25, -0.2) is 13.6 Å². The van der Waals surface area contributed by atoms with Crippen LogP contribution in [-0.4, -0.2) is 25.1 Å². The number of carbonyl (C=O) groups excluding carboxylic acids is 2. The highest BCUT2D eigenvalue weighted by Crippen LogP contribution is 2.30. The molecule has 3 aromatic carbocycles. The Bertz CT molecular complexity index is 1160. The van der Waals surface area contributed by atoms with E-state index in [9.17, 15) is 18.4 Å². The first-order valence-electron chi connectivity index (χ1n) is 10.1. The van der Waals surface area contributed by atoms with Crippen molar-refractivity contribution in [1.29, 1.82) is 0 Å². The lowest BCUT2D eigenvalue weighted by Gasteiger charge is -2.16. The fourth-order valence-corrected chi connectivity index (χ4v) is 3.24. The summed E-state index contributed by atoms with van der Waals surface area (Å²) in [4.78, 5) is 24.5. The van der Waals surface area contributed by atoms with Gasteiger partial charge in [-0.2, -0.15) is 0 Å². The van der Waals surface area contributed by atoms with Crippen molar-refractivity contribution in [2.75, 3.05) is 18.5 Å². The fraction of sp³-hybridized carbons (Fsp3) is 0.200. The Morgan fingerprint density at radius 1 is 0.969 bits per heavy atom. The lowest BCUT2D eigenvalue weighted by Crippen LogP contribution is -2.17. The lowest BCUT2D eigenvalue weighted by atomic mass is 10.0. The highest BCUT2D eigenvalue weighted by atomic mass is 19.1. The lowest BCUT2D eigenvalue weighted by molar-refractivity contribution is -0.145. The molecule has 0 aromatic heterocycles. The minimum Gasteiger partial charge on any atom is -0.482 e. The maximum absolute atomic E-state index is 14.5. The summed E-state index contributed by atoms with van der Waals surface area (Å²) in [6, 6.07) is 13.3. The van der Waals surface area contributed by atoms with Crippen LogP contribution in [0.3, 0.4) is 0 Å². The Kier molecular flexibility index (Phi) is 7.20. The number of hydrogen-bond acceptors (Lipinski definition) is 4. The molecule has 3 rings (SSSR count). The molecule has 0 fully saturated rings. The number of ether oxygens (including phenoxy) is 2. The van der Waals surface area contributed by atoms with E-state index in [0.29, 0.717) is 28.1 Å². The number of benzene rings is 3. The monoisotopic (exact) mass is 439 g/mol. The second kappa shape index (κ2) is 10.0. The Morgan fingerprint density at radius 2 is 1.72 bits per heavy atom. The number of carbonyl (C=O) groups is 2. The number of halogens is 2. The van der Waals surface area contributed by atoms with E-state index in [-0.39, 0.29) is 18.8 Å². The van der Waals surface area contributed by atoms with Crippen LogP contribution >= 0.6 is 0 Å². The second-order valence-corrected chi connectivity index (χ2v) is 7.13. The van der Waals surface area contributed by atoms with E-state index in [1.807, 2.05) is 0 Å². The zero-order valence-corrected chi connectivity index (χ0v) is 18.0. The van der Waals surface area contributed by atoms with E-state index < -0.39 is 23.5 Å². The molecule has 0 heterocycles. The van der Waals surface area contributed by atoms with Crippen LogP contribution in [0.1, 0.15) is 28.4 Å². The summed E-state index contributed by atoms with van der Waals surface area (Å²) in [5, 5.41) is 2.73. The number of rotatable bonds is 7. The van der Waals surface area contributed by atoms with Crippen LogP contribution in [0.25, 0.3) is 11.1 Å². The number of amides is 1. The summed E-state index contributed by atoms with van der Waals surface area (Å²) in [6.07, 6.45) is 0. The minimum atomic E-state index is -0.701. The molecule has 0 radical (unpaired) electrons. The largest absolute Gasteiger partial charge is 0.482 e. The summed E-state index contributed by atoms with van der Waals surface area (Å²) in [5.41, 5.74) is 2.64. The van der Waals surface area contributed by atoms with Crippen molar-refractivity contribution in [2.45, 2.75) is 20.8 Å². The summed E-state index contributed by atoms with van der Waals surface area (Å²) in [7, 11) is 0. The predicted octanol–water partition coefficient (Wildman–Crippen LogP) is 5.44. The van der Waals surface area contributed by atoms with Crippen LogP contribution < -0.4 is 10.1 Å². The van der Waals surface area contributed by atoms with E-state index >= 15 is 0 Å². The van der Waals surface area contributed by atoms with Crippen LogP contribution in [-0.2, 0) is 9.53 Å². The molecule has 32 heavy (non-hydrogen) atoms. The van der Waals surface area contributed by atoms with Gasteiger partial charge in [-0.3, -0.25) is 4.79 Å². The van der Waals surface area contributed by atoms with Crippen molar-refractivity contribution in [3.8, 4) is 16.9 Å². The minimum absolute atomic E-state index is 0.177. The third-order valence-electron chi connectivity index (χ3n) is 4.88. The number of nitrogens with one attached hydrogen (secondary N) is 1. The van der Waals surface area contributed by atoms with Crippen LogP contribution in [0.15, 0.2) is 54.6 Å². The molecule has 1 N–H and O–H groups in total. The van der Waals surface area contributed by atoms with Gasteiger partial charge in [-0.15, -0.1) is 0 Å². The molecule has 166 valence electrons. The number of anilines is 1. The third-order valence-corrected chi connectivity index (χ3v) is 4.88. The average molecular weight is 439 g/mol. The third kappa shape index (κ3) is 5.29. The molecular weight excluding hydrogens is 416 g/mol. The molecule has 0 aliphatic carbocycles. The summed E-state index contributed by atoms with van der Waals surface area (Å²) >= 11 is 0. The van der Waals surface area contributed by atoms with Crippen molar-refractivity contribution < 1.29 is 27.8 Å². The van der Waals surface area contributed by atoms with E-state index in [1.54, 1.807) is 45.0 Å². The standard InChI is InChI=1S/C25H23F2NO4/c1-4-31-23(29)14-32-22-11-8-15(2)24(16(22)3)28-25(30)20-13-18(9-10-21(20)27)17-6-5-7-19(26)12-17/h5-13H,4,14H2,1-3H3,(H,28,30). The second-order valence-electron chi connectivity index (χ2n) is 7.13. The van der Waals surface area contributed by atoms with Gasteiger partial charge in [0.15, 0.2) is 6.61 Å². The van der Waals surface area contributed by atoms with Crippen molar-refractivity contribution in [2.24, 2.45) is 0 Å². The molecule has 0 saturated heterocycles. The van der Waals surface area contributed by atoms with Gasteiger partial charge in [0, 0.05) is 5.56 Å². The van der Waals surface area contributed by atoms with Crippen LogP contribution in [0.4, 0.5) is 14.5 Å². The van der Waals surface area contributed by atoms with Gasteiger partial charge >= 0.3 is 5.97 Å². The van der Waals surface area contributed by atoms with Gasteiger partial charge in [0.25, 0.3) is 5.91 Å². The van der Waals surface area contributed by atoms with Crippen molar-refractivity contribution in [1.82, 2.24) is 0 Å². The molecule has 0 unspecified atom stereocenters. The van der Waals surface area contributed by atoms with E-state index in [0.717, 1.165) is 5.56 Å². The molecule has 0 aliphatic rings. The highest BCUT2D eigenvalue weighted by Gasteiger charge is 2.18. The normalized spacial score (nSPS) is 10.5. The molecule has 0 atom stereocenters. The van der Waals surface area contributed by atoms with Gasteiger partial charge in [0.2, 0.25) is 0 Å². The molecule has 3 aromatic rings. The van der Waals surface area contributed by atoms with Gasteiger partial charge in [-0.1, -0.05) is 24.3 Å². The SMILES string of the molecule is CCOC(=O)COc1ccc(C)c(NC(=O)c2cc(-c3cccc(F)c3)ccc2F)c1C. The molecule has 0 spiro atoms. The van der Waals surface area contributed by atoms with Gasteiger partial charge in [-0.05, 0) is 67.8 Å². The topological polar surface area (TPSA) is 64.6 Å². The Labute approximate surface area is 185 Å². The summed E-state index contributed by atoms with van der Waals surface area (Å²) in [6.45, 7) is 5.19. The Morgan fingerprint density at radius 3 is 2.44 bits per heavy atom.